The van der Waals surface area contributed by atoms with E-state index in [1.54, 1.807) is 0 Å². The van der Waals surface area contributed by atoms with E-state index in [4.69, 9.17) is 0 Å². The summed E-state index contributed by atoms with van der Waals surface area (Å²) < 4.78 is 26.7. The Balaban J connectivity index is 2.12. The molecule has 4 heteroatoms. The fourth-order valence-electron chi connectivity index (χ4n) is 2.53. The Bertz CT molecular complexity index is 397. The van der Waals surface area contributed by atoms with Crippen molar-refractivity contribution >= 4 is 0 Å². The number of rotatable bonds is 3. The fourth-order valence-corrected chi connectivity index (χ4v) is 2.53. The molecular weight excluding hydrogens is 236 g/mol. The van der Waals surface area contributed by atoms with E-state index in [1.165, 1.54) is 6.07 Å². The van der Waals surface area contributed by atoms with E-state index in [0.717, 1.165) is 44.4 Å². The molecule has 1 heterocycles. The lowest BCUT2D eigenvalue weighted by molar-refractivity contribution is 0.117. The molecule has 1 aliphatic rings. The maximum atomic E-state index is 13.6. The molecule has 0 spiro atoms. The van der Waals surface area contributed by atoms with Gasteiger partial charge in [-0.05, 0) is 37.6 Å². The summed E-state index contributed by atoms with van der Waals surface area (Å²) in [4.78, 5) is 2.06. The number of aliphatic hydroxyl groups excluding tert-OH is 1. The van der Waals surface area contributed by atoms with Crippen molar-refractivity contribution < 1.29 is 13.9 Å². The minimum Gasteiger partial charge on any atom is -0.395 e. The molecule has 100 valence electrons. The highest BCUT2D eigenvalue weighted by Gasteiger charge is 2.21. The molecule has 1 aromatic carbocycles. The molecule has 1 saturated heterocycles. The molecule has 1 atom stereocenters. The average molecular weight is 255 g/mol. The third-order valence-electron chi connectivity index (χ3n) is 3.59. The van der Waals surface area contributed by atoms with Gasteiger partial charge in [0.1, 0.15) is 11.6 Å². The molecule has 1 N–H and O–H groups in total. The summed E-state index contributed by atoms with van der Waals surface area (Å²) in [5.74, 6) is -0.792. The summed E-state index contributed by atoms with van der Waals surface area (Å²) in [6, 6.07) is 3.60. The molecule has 2 rings (SSSR count). The molecule has 18 heavy (non-hydrogen) atoms. The van der Waals surface area contributed by atoms with Crippen LogP contribution in [0.3, 0.4) is 0 Å². The standard InChI is InChI=1S/C14H19F2NO/c15-12-5-6-14(16)11(8-12)9-17-7-3-1-2-4-13(17)10-18/h5-6,8,13,18H,1-4,7,9-10H2. The lowest BCUT2D eigenvalue weighted by atomic mass is 10.1. The first-order valence-corrected chi connectivity index (χ1v) is 6.49. The van der Waals surface area contributed by atoms with Gasteiger partial charge in [-0.3, -0.25) is 4.90 Å². The maximum Gasteiger partial charge on any atom is 0.127 e. The normalized spacial score (nSPS) is 21.8. The lowest BCUT2D eigenvalue weighted by Gasteiger charge is -2.28. The molecule has 0 saturated carbocycles. The van der Waals surface area contributed by atoms with Crippen molar-refractivity contribution in [2.75, 3.05) is 13.2 Å². The molecule has 1 fully saturated rings. The molecule has 0 amide bonds. The van der Waals surface area contributed by atoms with Gasteiger partial charge < -0.3 is 5.11 Å². The Labute approximate surface area is 106 Å². The minimum absolute atomic E-state index is 0.0650. The van der Waals surface area contributed by atoms with E-state index in [0.29, 0.717) is 12.1 Å². The van der Waals surface area contributed by atoms with Crippen molar-refractivity contribution in [1.82, 2.24) is 4.90 Å². The second-order valence-corrected chi connectivity index (χ2v) is 4.89. The van der Waals surface area contributed by atoms with Crippen LogP contribution in [0, 0.1) is 11.6 Å². The van der Waals surface area contributed by atoms with Crippen LogP contribution in [0.25, 0.3) is 0 Å². The molecule has 0 bridgehead atoms. The second kappa shape index (κ2) is 6.25. The monoisotopic (exact) mass is 255 g/mol. The number of likely N-dealkylation sites (tertiary alicyclic amines) is 1. The van der Waals surface area contributed by atoms with Crippen LogP contribution in [0.4, 0.5) is 8.78 Å². The van der Waals surface area contributed by atoms with Crippen LogP contribution in [-0.2, 0) is 6.54 Å². The zero-order valence-corrected chi connectivity index (χ0v) is 10.4. The van der Waals surface area contributed by atoms with Crippen molar-refractivity contribution in [3.63, 3.8) is 0 Å². The van der Waals surface area contributed by atoms with Gasteiger partial charge in [0.2, 0.25) is 0 Å². The van der Waals surface area contributed by atoms with E-state index >= 15 is 0 Å². The van der Waals surface area contributed by atoms with Crippen molar-refractivity contribution in [3.05, 3.63) is 35.4 Å². The molecule has 1 unspecified atom stereocenters. The zero-order chi connectivity index (χ0) is 13.0. The molecular formula is C14H19F2NO. The minimum atomic E-state index is -0.415. The van der Waals surface area contributed by atoms with Crippen molar-refractivity contribution in [2.24, 2.45) is 0 Å². The molecule has 1 aromatic rings. The van der Waals surface area contributed by atoms with E-state index in [1.807, 2.05) is 0 Å². The van der Waals surface area contributed by atoms with Crippen molar-refractivity contribution in [1.29, 1.82) is 0 Å². The van der Waals surface area contributed by atoms with Crippen LogP contribution >= 0.6 is 0 Å². The van der Waals surface area contributed by atoms with E-state index in [9.17, 15) is 13.9 Å². The Hall–Kier alpha value is -1.00. The molecule has 0 aromatic heterocycles. The highest BCUT2D eigenvalue weighted by Crippen LogP contribution is 2.20. The number of hydrogen-bond donors (Lipinski definition) is 1. The van der Waals surface area contributed by atoms with E-state index in [2.05, 4.69) is 4.90 Å². The van der Waals surface area contributed by atoms with Gasteiger partial charge >= 0.3 is 0 Å². The molecule has 1 aliphatic heterocycles. The predicted molar refractivity (Wildman–Crippen MR) is 66.1 cm³/mol. The highest BCUT2D eigenvalue weighted by molar-refractivity contribution is 5.18. The van der Waals surface area contributed by atoms with Gasteiger partial charge in [0.05, 0.1) is 6.61 Å². The highest BCUT2D eigenvalue weighted by atomic mass is 19.1. The molecule has 0 aliphatic carbocycles. The third kappa shape index (κ3) is 3.27. The summed E-state index contributed by atoms with van der Waals surface area (Å²) >= 11 is 0. The second-order valence-electron chi connectivity index (χ2n) is 4.89. The van der Waals surface area contributed by atoms with Gasteiger partial charge in [-0.25, -0.2) is 8.78 Å². The summed E-state index contributed by atoms with van der Waals surface area (Å²) in [6.07, 6.45) is 4.20. The van der Waals surface area contributed by atoms with Gasteiger partial charge in [-0.15, -0.1) is 0 Å². The average Bonchev–Trinajstić information content (AvgIpc) is 2.59. The summed E-state index contributed by atoms with van der Waals surface area (Å²) in [6.45, 7) is 1.28. The Morgan fingerprint density at radius 1 is 1.22 bits per heavy atom. The van der Waals surface area contributed by atoms with Crippen LogP contribution in [0.5, 0.6) is 0 Å². The smallest absolute Gasteiger partial charge is 0.127 e. The lowest BCUT2D eigenvalue weighted by Crippen LogP contribution is -2.37. The van der Waals surface area contributed by atoms with Crippen molar-refractivity contribution in [3.8, 4) is 0 Å². The van der Waals surface area contributed by atoms with Gasteiger partial charge in [0.25, 0.3) is 0 Å². The van der Waals surface area contributed by atoms with E-state index < -0.39 is 5.82 Å². The van der Waals surface area contributed by atoms with Crippen LogP contribution in [0.1, 0.15) is 31.2 Å². The van der Waals surface area contributed by atoms with Crippen LogP contribution < -0.4 is 0 Å². The van der Waals surface area contributed by atoms with Gasteiger partial charge in [0, 0.05) is 18.2 Å². The fraction of sp³-hybridized carbons (Fsp3) is 0.571. The quantitative estimate of drug-likeness (QED) is 0.897. The number of aliphatic hydroxyl groups is 1. The number of halogens is 2. The summed E-state index contributed by atoms with van der Waals surface area (Å²) in [7, 11) is 0. The number of nitrogens with zero attached hydrogens (tertiary/aromatic N) is 1. The predicted octanol–water partition coefficient (Wildman–Crippen LogP) is 2.70. The first kappa shape index (κ1) is 13.4. The maximum absolute atomic E-state index is 13.6. The first-order valence-electron chi connectivity index (χ1n) is 6.49. The molecule has 2 nitrogen and oxygen atoms in total. The number of hydrogen-bond acceptors (Lipinski definition) is 2. The zero-order valence-electron chi connectivity index (χ0n) is 10.4. The SMILES string of the molecule is OCC1CCCCCN1Cc1cc(F)ccc1F. The van der Waals surface area contributed by atoms with Crippen LogP contribution in [0.2, 0.25) is 0 Å². The number of benzene rings is 1. The van der Waals surface area contributed by atoms with Gasteiger partial charge in [0.15, 0.2) is 0 Å². The Morgan fingerprint density at radius 2 is 2.06 bits per heavy atom. The van der Waals surface area contributed by atoms with E-state index in [-0.39, 0.29) is 18.5 Å². The van der Waals surface area contributed by atoms with Crippen molar-refractivity contribution in [2.45, 2.75) is 38.3 Å². The van der Waals surface area contributed by atoms with Gasteiger partial charge in [-0.2, -0.15) is 0 Å². The van der Waals surface area contributed by atoms with Crippen LogP contribution in [-0.4, -0.2) is 29.2 Å². The topological polar surface area (TPSA) is 23.5 Å². The largest absolute Gasteiger partial charge is 0.395 e. The summed E-state index contributed by atoms with van der Waals surface area (Å²) in [5.41, 5.74) is 0.371. The molecule has 0 radical (unpaired) electrons. The Morgan fingerprint density at radius 3 is 2.83 bits per heavy atom. The van der Waals surface area contributed by atoms with Gasteiger partial charge in [-0.1, -0.05) is 12.8 Å². The summed E-state index contributed by atoms with van der Waals surface area (Å²) in [5, 5.41) is 9.38. The first-order chi connectivity index (χ1) is 8.70. The van der Waals surface area contributed by atoms with Crippen LogP contribution in [0.15, 0.2) is 18.2 Å². The third-order valence-corrected chi connectivity index (χ3v) is 3.59. The Kier molecular flexibility index (Phi) is 4.66.